The van der Waals surface area contributed by atoms with E-state index in [1.165, 1.54) is 0 Å². The molecule has 2 bridgehead atoms. The van der Waals surface area contributed by atoms with Gasteiger partial charge >= 0.3 is 5.97 Å². The van der Waals surface area contributed by atoms with Gasteiger partial charge in [-0.25, -0.2) is 0 Å². The van der Waals surface area contributed by atoms with Crippen LogP contribution in [0.3, 0.4) is 0 Å². The molecule has 1 spiro atoms. The van der Waals surface area contributed by atoms with Crippen molar-refractivity contribution in [3.05, 3.63) is 48.6 Å². The van der Waals surface area contributed by atoms with Crippen LogP contribution in [0.15, 0.2) is 48.6 Å². The van der Waals surface area contributed by atoms with Crippen molar-refractivity contribution in [2.75, 3.05) is 12.0 Å². The Hall–Kier alpha value is -2.60. The van der Waals surface area contributed by atoms with Crippen molar-refractivity contribution in [1.29, 1.82) is 0 Å². The number of amides is 1. The number of nitrogens with zero attached hydrogens (tertiary/aromatic N) is 1. The van der Waals surface area contributed by atoms with Crippen LogP contribution in [0.5, 0.6) is 5.75 Å². The lowest BCUT2D eigenvalue weighted by Crippen LogP contribution is -2.45. The highest BCUT2D eigenvalue weighted by Crippen LogP contribution is 2.56. The van der Waals surface area contributed by atoms with Gasteiger partial charge in [0, 0.05) is 11.8 Å². The van der Waals surface area contributed by atoms with Crippen LogP contribution in [0.1, 0.15) is 13.3 Å². The molecule has 136 valence electrons. The van der Waals surface area contributed by atoms with Gasteiger partial charge in [0.15, 0.2) is 0 Å². The third kappa shape index (κ3) is 2.15. The molecule has 6 heteroatoms. The molecule has 5 atom stereocenters. The number of carboxylic acid groups (broad SMARTS) is 1. The molecule has 2 fully saturated rings. The van der Waals surface area contributed by atoms with Gasteiger partial charge in [0.1, 0.15) is 17.3 Å². The van der Waals surface area contributed by atoms with Gasteiger partial charge in [-0.05, 0) is 25.5 Å². The zero-order valence-corrected chi connectivity index (χ0v) is 14.7. The molecule has 1 amide bonds. The predicted molar refractivity (Wildman–Crippen MR) is 95.1 cm³/mol. The molecule has 0 saturated carbocycles. The topological polar surface area (TPSA) is 76.1 Å². The number of aliphatic carboxylic acids is 1. The molecule has 3 aliphatic heterocycles. The van der Waals surface area contributed by atoms with E-state index in [-0.39, 0.29) is 11.9 Å². The van der Waals surface area contributed by atoms with Crippen molar-refractivity contribution in [3.8, 4) is 5.75 Å². The first-order valence-electron chi connectivity index (χ1n) is 8.60. The molecule has 0 aromatic heterocycles. The predicted octanol–water partition coefficient (Wildman–Crippen LogP) is 2.40. The van der Waals surface area contributed by atoms with Crippen LogP contribution in [0.25, 0.3) is 0 Å². The van der Waals surface area contributed by atoms with Gasteiger partial charge in [-0.3, -0.25) is 9.59 Å². The van der Waals surface area contributed by atoms with Crippen molar-refractivity contribution in [3.63, 3.8) is 0 Å². The third-order valence-electron chi connectivity index (χ3n) is 5.58. The van der Waals surface area contributed by atoms with E-state index in [1.807, 2.05) is 25.1 Å². The molecule has 2 saturated heterocycles. The monoisotopic (exact) mass is 355 g/mol. The van der Waals surface area contributed by atoms with Crippen LogP contribution >= 0.6 is 0 Å². The third-order valence-corrected chi connectivity index (χ3v) is 5.58. The minimum atomic E-state index is -0.999. The fraction of sp³-hybridized carbons (Fsp3) is 0.400. The Morgan fingerprint density at radius 2 is 2.23 bits per heavy atom. The molecule has 0 unspecified atom stereocenters. The van der Waals surface area contributed by atoms with Gasteiger partial charge in [-0.15, -0.1) is 6.58 Å². The molecule has 3 heterocycles. The lowest BCUT2D eigenvalue weighted by molar-refractivity contribution is -0.146. The number of rotatable bonds is 5. The minimum Gasteiger partial charge on any atom is -0.497 e. The first kappa shape index (κ1) is 16.8. The fourth-order valence-corrected chi connectivity index (χ4v) is 4.58. The van der Waals surface area contributed by atoms with Crippen LogP contribution in [0.2, 0.25) is 0 Å². The number of anilines is 1. The van der Waals surface area contributed by atoms with Crippen molar-refractivity contribution >= 4 is 17.6 Å². The Kier molecular flexibility index (Phi) is 3.70. The van der Waals surface area contributed by atoms with Crippen LogP contribution in [-0.4, -0.2) is 41.8 Å². The maximum absolute atomic E-state index is 13.4. The summed E-state index contributed by atoms with van der Waals surface area (Å²) in [6, 6.07) is 6.89. The minimum absolute atomic E-state index is 0.219. The first-order valence-corrected chi connectivity index (χ1v) is 8.60. The Balaban J connectivity index is 1.84. The molecule has 1 aromatic rings. The molecule has 0 radical (unpaired) electrons. The van der Waals surface area contributed by atoms with E-state index in [1.54, 1.807) is 30.2 Å². The Morgan fingerprint density at radius 1 is 1.46 bits per heavy atom. The Morgan fingerprint density at radius 3 is 2.88 bits per heavy atom. The number of benzene rings is 1. The largest absolute Gasteiger partial charge is 0.497 e. The van der Waals surface area contributed by atoms with E-state index >= 15 is 0 Å². The van der Waals surface area contributed by atoms with Gasteiger partial charge in [0.25, 0.3) is 0 Å². The smallest absolute Gasteiger partial charge is 0.310 e. The summed E-state index contributed by atoms with van der Waals surface area (Å²) < 4.78 is 11.4. The highest BCUT2D eigenvalue weighted by Gasteiger charge is 2.71. The number of carboxylic acids is 1. The van der Waals surface area contributed by atoms with E-state index < -0.39 is 29.5 Å². The molecule has 1 aromatic carbocycles. The SMILES string of the molecule is C=C(C)C[C@@H]1N(c2cccc(OC)c2)C(=O)[C@H]2[C@@H](C(=O)O)[C@H]3C=C[C@@]12O3. The molecule has 1 N–H and O–H groups in total. The number of carbonyl (C=O) groups is 2. The molecule has 6 nitrogen and oxygen atoms in total. The summed E-state index contributed by atoms with van der Waals surface area (Å²) in [6.45, 7) is 5.89. The number of fused-ring (bicyclic) bond motifs is 1. The highest BCUT2D eigenvalue weighted by molar-refractivity contribution is 6.03. The molecule has 0 aliphatic carbocycles. The van der Waals surface area contributed by atoms with Crippen molar-refractivity contribution < 1.29 is 24.2 Å². The summed E-state index contributed by atoms with van der Waals surface area (Å²) in [7, 11) is 1.57. The molecule has 3 aliphatic rings. The second-order valence-corrected chi connectivity index (χ2v) is 7.22. The van der Waals surface area contributed by atoms with Gasteiger partial charge in [0.2, 0.25) is 5.91 Å². The Bertz CT molecular complexity index is 831. The highest BCUT2D eigenvalue weighted by atomic mass is 16.5. The van der Waals surface area contributed by atoms with Gasteiger partial charge < -0.3 is 19.5 Å². The first-order chi connectivity index (χ1) is 12.4. The van der Waals surface area contributed by atoms with Crippen molar-refractivity contribution in [2.45, 2.75) is 31.1 Å². The molecule has 4 rings (SSSR count). The maximum Gasteiger partial charge on any atom is 0.310 e. The summed E-state index contributed by atoms with van der Waals surface area (Å²) in [4.78, 5) is 26.9. The van der Waals surface area contributed by atoms with Crippen LogP contribution in [0, 0.1) is 11.8 Å². The summed E-state index contributed by atoms with van der Waals surface area (Å²) >= 11 is 0. The van der Waals surface area contributed by atoms with Crippen LogP contribution < -0.4 is 9.64 Å². The number of ether oxygens (including phenoxy) is 2. The second kappa shape index (κ2) is 5.71. The molecular formula is C20H21NO5. The zero-order chi connectivity index (χ0) is 18.6. The van der Waals surface area contributed by atoms with Gasteiger partial charge in [-0.1, -0.05) is 23.8 Å². The summed E-state index contributed by atoms with van der Waals surface area (Å²) in [5.41, 5.74) is 0.659. The zero-order valence-electron chi connectivity index (χ0n) is 14.7. The van der Waals surface area contributed by atoms with Crippen molar-refractivity contribution in [2.24, 2.45) is 11.8 Å². The van der Waals surface area contributed by atoms with Crippen molar-refractivity contribution in [1.82, 2.24) is 0 Å². The van der Waals surface area contributed by atoms with Gasteiger partial charge in [-0.2, -0.15) is 0 Å². The molecular weight excluding hydrogens is 334 g/mol. The fourth-order valence-electron chi connectivity index (χ4n) is 4.58. The number of hydrogen-bond donors (Lipinski definition) is 1. The van der Waals surface area contributed by atoms with E-state index in [0.29, 0.717) is 17.9 Å². The number of carbonyl (C=O) groups excluding carboxylic acids is 1. The second-order valence-electron chi connectivity index (χ2n) is 7.22. The van der Waals surface area contributed by atoms with E-state index in [4.69, 9.17) is 9.47 Å². The lowest BCUT2D eigenvalue weighted by atomic mass is 9.74. The maximum atomic E-state index is 13.4. The normalized spacial score (nSPS) is 34.2. The quantitative estimate of drug-likeness (QED) is 0.821. The Labute approximate surface area is 151 Å². The van der Waals surface area contributed by atoms with E-state index in [9.17, 15) is 14.7 Å². The lowest BCUT2D eigenvalue weighted by Gasteiger charge is -2.33. The molecule has 26 heavy (non-hydrogen) atoms. The standard InChI is InChI=1S/C20H21NO5/c1-11(2)9-15-20-8-7-14(26-20)16(19(23)24)17(20)18(22)21(15)12-5-4-6-13(10-12)25-3/h4-8,10,14-17H,1,9H2,2-3H3,(H,23,24)/t14-,15+,16+,17-,20-/m1/s1. The summed E-state index contributed by atoms with van der Waals surface area (Å²) in [6.07, 6.45) is 3.64. The van der Waals surface area contributed by atoms with E-state index in [2.05, 4.69) is 6.58 Å². The van der Waals surface area contributed by atoms with Gasteiger partial charge in [0.05, 0.1) is 25.2 Å². The summed E-state index contributed by atoms with van der Waals surface area (Å²) in [5.74, 6) is -2.18. The average molecular weight is 355 g/mol. The summed E-state index contributed by atoms with van der Waals surface area (Å²) in [5, 5.41) is 9.68. The average Bonchev–Trinajstić information content (AvgIpc) is 3.24. The van der Waals surface area contributed by atoms with Crippen LogP contribution in [0.4, 0.5) is 5.69 Å². The van der Waals surface area contributed by atoms with E-state index in [0.717, 1.165) is 5.57 Å². The number of hydrogen-bond acceptors (Lipinski definition) is 4. The number of methoxy groups -OCH3 is 1. The van der Waals surface area contributed by atoms with Crippen LogP contribution in [-0.2, 0) is 14.3 Å².